The number of aldehydes is 1. The third-order valence-corrected chi connectivity index (χ3v) is 3.21. The summed E-state index contributed by atoms with van der Waals surface area (Å²) in [6, 6.07) is 18.8. The molecule has 0 saturated heterocycles. The molecule has 3 heteroatoms. The second kappa shape index (κ2) is 4.94. The lowest BCUT2D eigenvalue weighted by Gasteiger charge is -2.08. The van der Waals surface area contributed by atoms with E-state index in [1.165, 1.54) is 0 Å². The normalized spacial score (nSPS) is 10.2. The minimum absolute atomic E-state index is 0.331. The number of nitriles is 1. The van der Waals surface area contributed by atoms with Crippen LogP contribution in [0.2, 0.25) is 0 Å². The molecule has 0 bridgehead atoms. The number of rotatable bonds is 2. The fourth-order valence-corrected chi connectivity index (χ4v) is 2.25. The first kappa shape index (κ1) is 12.1. The Kier molecular flexibility index (Phi) is 2.98. The Morgan fingerprint density at radius 3 is 2.55 bits per heavy atom. The molecule has 0 unspecified atom stereocenters. The van der Waals surface area contributed by atoms with Crippen molar-refractivity contribution in [3.05, 3.63) is 65.9 Å². The fourth-order valence-electron chi connectivity index (χ4n) is 2.25. The lowest BCUT2D eigenvalue weighted by Crippen LogP contribution is -1.94. The molecule has 0 aliphatic heterocycles. The van der Waals surface area contributed by atoms with Crippen LogP contribution in [0.4, 0.5) is 0 Å². The Bertz CT molecular complexity index is 847. The van der Waals surface area contributed by atoms with Crippen LogP contribution < -0.4 is 0 Å². The topological polar surface area (TPSA) is 53.8 Å². The summed E-state index contributed by atoms with van der Waals surface area (Å²) in [6.07, 6.45) is 0.797. The molecule has 94 valence electrons. The van der Waals surface area contributed by atoms with Crippen LogP contribution in [0.5, 0.6) is 0 Å². The van der Waals surface area contributed by atoms with Crippen molar-refractivity contribution < 1.29 is 4.79 Å². The van der Waals surface area contributed by atoms with E-state index in [1.807, 2.05) is 42.5 Å². The molecule has 0 saturated carbocycles. The van der Waals surface area contributed by atoms with E-state index in [2.05, 4.69) is 11.1 Å². The quantitative estimate of drug-likeness (QED) is 0.660. The van der Waals surface area contributed by atoms with Crippen LogP contribution in [0.15, 0.2) is 54.6 Å². The Labute approximate surface area is 116 Å². The van der Waals surface area contributed by atoms with Crippen molar-refractivity contribution >= 4 is 17.2 Å². The van der Waals surface area contributed by atoms with Gasteiger partial charge < -0.3 is 0 Å². The van der Waals surface area contributed by atoms with Gasteiger partial charge in [0.05, 0.1) is 5.52 Å². The van der Waals surface area contributed by atoms with Gasteiger partial charge in [0.15, 0.2) is 6.29 Å². The average Bonchev–Trinajstić information content (AvgIpc) is 2.53. The third-order valence-electron chi connectivity index (χ3n) is 3.21. The second-order valence-corrected chi connectivity index (χ2v) is 4.39. The summed E-state index contributed by atoms with van der Waals surface area (Å²) >= 11 is 0. The average molecular weight is 258 g/mol. The molecule has 0 aliphatic carbocycles. The summed E-state index contributed by atoms with van der Waals surface area (Å²) < 4.78 is 0. The summed E-state index contributed by atoms with van der Waals surface area (Å²) in [5, 5.41) is 10.2. The van der Waals surface area contributed by atoms with Crippen LogP contribution in [-0.2, 0) is 0 Å². The molecule has 0 spiro atoms. The molecule has 0 atom stereocenters. The molecular weight excluding hydrogens is 248 g/mol. The number of benzene rings is 2. The molecule has 0 radical (unpaired) electrons. The van der Waals surface area contributed by atoms with Crippen molar-refractivity contribution in [3.63, 3.8) is 0 Å². The molecule has 3 nitrogen and oxygen atoms in total. The first-order chi connectivity index (χ1) is 9.83. The van der Waals surface area contributed by atoms with Gasteiger partial charge in [0, 0.05) is 16.5 Å². The van der Waals surface area contributed by atoms with E-state index in [0.29, 0.717) is 16.8 Å². The molecule has 20 heavy (non-hydrogen) atoms. The zero-order valence-corrected chi connectivity index (χ0v) is 10.6. The molecule has 0 N–H and O–H groups in total. The second-order valence-electron chi connectivity index (χ2n) is 4.39. The zero-order chi connectivity index (χ0) is 13.9. The first-order valence-corrected chi connectivity index (χ1v) is 6.18. The van der Waals surface area contributed by atoms with Crippen LogP contribution in [-0.4, -0.2) is 11.3 Å². The highest BCUT2D eigenvalue weighted by molar-refractivity contribution is 5.92. The van der Waals surface area contributed by atoms with Crippen molar-refractivity contribution in [2.45, 2.75) is 0 Å². The molecule has 3 rings (SSSR count). The van der Waals surface area contributed by atoms with Gasteiger partial charge in [-0.15, -0.1) is 0 Å². The highest BCUT2D eigenvalue weighted by atomic mass is 16.1. The number of fused-ring (bicyclic) bond motifs is 1. The van der Waals surface area contributed by atoms with Crippen molar-refractivity contribution in [1.82, 2.24) is 4.98 Å². The van der Waals surface area contributed by atoms with Crippen LogP contribution in [0, 0.1) is 11.3 Å². The number of hydrogen-bond donors (Lipinski definition) is 0. The Morgan fingerprint density at radius 2 is 1.75 bits per heavy atom. The van der Waals surface area contributed by atoms with Crippen LogP contribution in [0.3, 0.4) is 0 Å². The van der Waals surface area contributed by atoms with E-state index in [4.69, 9.17) is 0 Å². The molecular formula is C17H10N2O. The Morgan fingerprint density at radius 1 is 1.00 bits per heavy atom. The maximum atomic E-state index is 11.2. The Hall–Kier alpha value is -2.99. The van der Waals surface area contributed by atoms with Gasteiger partial charge in [-0.25, -0.2) is 4.98 Å². The molecule has 0 aliphatic rings. The number of carbonyl (C=O) groups is 1. The largest absolute Gasteiger partial charge is 0.298 e. The molecule has 0 amide bonds. The van der Waals surface area contributed by atoms with Crippen LogP contribution in [0.25, 0.3) is 22.0 Å². The number of para-hydroxylation sites is 1. The number of hydrogen-bond acceptors (Lipinski definition) is 3. The van der Waals surface area contributed by atoms with Crippen molar-refractivity contribution in [2.24, 2.45) is 0 Å². The first-order valence-electron chi connectivity index (χ1n) is 6.18. The van der Waals surface area contributed by atoms with E-state index in [9.17, 15) is 10.1 Å². The molecule has 3 aromatic rings. The third kappa shape index (κ3) is 1.94. The Balaban J connectivity index is 2.35. The zero-order valence-electron chi connectivity index (χ0n) is 10.6. The van der Waals surface area contributed by atoms with Crippen molar-refractivity contribution in [2.75, 3.05) is 0 Å². The summed E-state index contributed by atoms with van der Waals surface area (Å²) in [5.41, 5.74) is 3.08. The van der Waals surface area contributed by atoms with Crippen molar-refractivity contribution in [1.29, 1.82) is 5.26 Å². The van der Waals surface area contributed by atoms with E-state index in [1.54, 1.807) is 12.1 Å². The lowest BCUT2D eigenvalue weighted by molar-refractivity contribution is 0.112. The summed E-state index contributed by atoms with van der Waals surface area (Å²) in [6.45, 7) is 0. The molecule has 0 fully saturated rings. The fraction of sp³-hybridized carbons (Fsp3) is 0. The SMILES string of the molecule is N#Cc1nc2ccccc2cc1-c1ccccc1C=O. The number of aromatic nitrogens is 1. The van der Waals surface area contributed by atoms with E-state index < -0.39 is 0 Å². The summed E-state index contributed by atoms with van der Waals surface area (Å²) in [4.78, 5) is 15.5. The monoisotopic (exact) mass is 258 g/mol. The number of nitrogens with zero attached hydrogens (tertiary/aromatic N) is 2. The minimum Gasteiger partial charge on any atom is -0.298 e. The maximum Gasteiger partial charge on any atom is 0.150 e. The van der Waals surface area contributed by atoms with Gasteiger partial charge in [-0.05, 0) is 17.7 Å². The van der Waals surface area contributed by atoms with E-state index in [0.717, 1.165) is 22.8 Å². The van der Waals surface area contributed by atoms with Gasteiger partial charge in [-0.2, -0.15) is 5.26 Å². The lowest BCUT2D eigenvalue weighted by atomic mass is 9.97. The smallest absolute Gasteiger partial charge is 0.150 e. The molecule has 1 heterocycles. The van der Waals surface area contributed by atoms with E-state index >= 15 is 0 Å². The summed E-state index contributed by atoms with van der Waals surface area (Å²) in [7, 11) is 0. The molecule has 1 aromatic heterocycles. The van der Waals surface area contributed by atoms with Crippen LogP contribution in [0.1, 0.15) is 16.1 Å². The highest BCUT2D eigenvalue weighted by Gasteiger charge is 2.11. The van der Waals surface area contributed by atoms with Gasteiger partial charge in [0.2, 0.25) is 0 Å². The number of pyridine rings is 1. The predicted molar refractivity (Wildman–Crippen MR) is 77.3 cm³/mol. The van der Waals surface area contributed by atoms with Gasteiger partial charge >= 0.3 is 0 Å². The van der Waals surface area contributed by atoms with Gasteiger partial charge in [0.25, 0.3) is 0 Å². The molecule has 2 aromatic carbocycles. The standard InChI is InChI=1S/C17H10N2O/c18-10-17-15(14-7-3-1-6-13(14)11-20)9-12-5-2-4-8-16(12)19-17/h1-9,11H. The van der Waals surface area contributed by atoms with Crippen molar-refractivity contribution in [3.8, 4) is 17.2 Å². The van der Waals surface area contributed by atoms with Gasteiger partial charge in [0.1, 0.15) is 11.8 Å². The number of carbonyl (C=O) groups excluding carboxylic acids is 1. The van der Waals surface area contributed by atoms with E-state index in [-0.39, 0.29) is 0 Å². The summed E-state index contributed by atoms with van der Waals surface area (Å²) in [5.74, 6) is 0. The predicted octanol–water partition coefficient (Wildman–Crippen LogP) is 3.59. The highest BCUT2D eigenvalue weighted by Crippen LogP contribution is 2.28. The minimum atomic E-state index is 0.331. The maximum absolute atomic E-state index is 11.2. The van der Waals surface area contributed by atoms with Crippen LogP contribution >= 0.6 is 0 Å². The van der Waals surface area contributed by atoms with Gasteiger partial charge in [-0.1, -0.05) is 42.5 Å². The van der Waals surface area contributed by atoms with Gasteiger partial charge in [-0.3, -0.25) is 4.79 Å².